The van der Waals surface area contributed by atoms with Crippen LogP contribution >= 0.6 is 0 Å². The van der Waals surface area contributed by atoms with Crippen LogP contribution in [0.4, 0.5) is 0 Å². The molecule has 0 spiro atoms. The van der Waals surface area contributed by atoms with Crippen molar-refractivity contribution >= 4 is 11.9 Å². The van der Waals surface area contributed by atoms with Gasteiger partial charge < -0.3 is 14.8 Å². The second-order valence-electron chi connectivity index (χ2n) is 7.05. The van der Waals surface area contributed by atoms with Crippen LogP contribution in [0.15, 0.2) is 42.5 Å². The second kappa shape index (κ2) is 7.82. The molecule has 3 rings (SSSR count). The van der Waals surface area contributed by atoms with Gasteiger partial charge in [0.05, 0.1) is 25.1 Å². The summed E-state index contributed by atoms with van der Waals surface area (Å²) in [5, 5.41) is 2.97. The lowest BCUT2D eigenvalue weighted by Crippen LogP contribution is -2.30. The number of fused-ring (bicyclic) bond motifs is 1. The van der Waals surface area contributed by atoms with Crippen LogP contribution in [0.1, 0.15) is 59.3 Å². The highest BCUT2D eigenvalue weighted by atomic mass is 16.5. The number of carbonyl (C=O) groups excluding carboxylic acids is 2. The Morgan fingerprint density at radius 1 is 1.15 bits per heavy atom. The van der Waals surface area contributed by atoms with Crippen molar-refractivity contribution in [2.75, 3.05) is 7.11 Å². The van der Waals surface area contributed by atoms with Crippen molar-refractivity contribution in [3.63, 3.8) is 0 Å². The van der Waals surface area contributed by atoms with Crippen LogP contribution in [0.2, 0.25) is 0 Å². The van der Waals surface area contributed by atoms with Crippen molar-refractivity contribution in [3.8, 4) is 5.75 Å². The molecule has 142 valence electrons. The zero-order valence-corrected chi connectivity index (χ0v) is 16.1. The fraction of sp³-hybridized carbons (Fsp3) is 0.364. The number of rotatable bonds is 5. The second-order valence-corrected chi connectivity index (χ2v) is 7.05. The van der Waals surface area contributed by atoms with E-state index in [1.54, 1.807) is 6.07 Å². The predicted molar refractivity (Wildman–Crippen MR) is 103 cm³/mol. The first-order chi connectivity index (χ1) is 12.9. The number of hydrogen-bond acceptors (Lipinski definition) is 4. The third-order valence-corrected chi connectivity index (χ3v) is 5.17. The minimum absolute atomic E-state index is 0.0249. The van der Waals surface area contributed by atoms with E-state index >= 15 is 0 Å². The Labute approximate surface area is 159 Å². The predicted octanol–water partition coefficient (Wildman–Crippen LogP) is 3.91. The van der Waals surface area contributed by atoms with Gasteiger partial charge in [-0.05, 0) is 25.5 Å². The van der Waals surface area contributed by atoms with Crippen LogP contribution in [0.3, 0.4) is 0 Å². The fourth-order valence-corrected chi connectivity index (χ4v) is 3.30. The Morgan fingerprint density at radius 3 is 2.52 bits per heavy atom. The van der Waals surface area contributed by atoms with Crippen LogP contribution in [0.25, 0.3) is 0 Å². The largest absolute Gasteiger partial charge is 0.489 e. The lowest BCUT2D eigenvalue weighted by atomic mass is 9.96. The number of benzene rings is 2. The van der Waals surface area contributed by atoms with E-state index in [0.29, 0.717) is 11.3 Å². The smallest absolute Gasteiger partial charge is 0.307 e. The van der Waals surface area contributed by atoms with Gasteiger partial charge in [0.2, 0.25) is 0 Å². The zero-order valence-electron chi connectivity index (χ0n) is 16.1. The number of aryl methyl sites for hydroxylation is 1. The summed E-state index contributed by atoms with van der Waals surface area (Å²) in [5.41, 5.74) is 3.49. The Morgan fingerprint density at radius 2 is 1.85 bits per heavy atom. The normalized spacial score (nSPS) is 19.0. The highest BCUT2D eigenvalue weighted by Gasteiger charge is 2.31. The van der Waals surface area contributed by atoms with E-state index in [-0.39, 0.29) is 30.3 Å². The molecule has 2 aromatic carbocycles. The summed E-state index contributed by atoms with van der Waals surface area (Å²) in [6.07, 6.45) is 0.0884. The molecule has 3 atom stereocenters. The molecule has 0 radical (unpaired) electrons. The molecule has 0 saturated heterocycles. The Hall–Kier alpha value is -2.82. The van der Waals surface area contributed by atoms with Gasteiger partial charge in [-0.15, -0.1) is 0 Å². The molecule has 27 heavy (non-hydrogen) atoms. The van der Waals surface area contributed by atoms with E-state index in [4.69, 9.17) is 9.47 Å². The maximum atomic E-state index is 13.0. The summed E-state index contributed by atoms with van der Waals surface area (Å²) < 4.78 is 10.7. The molecule has 0 bridgehead atoms. The van der Waals surface area contributed by atoms with E-state index < -0.39 is 6.04 Å². The maximum absolute atomic E-state index is 13.0. The first-order valence-electron chi connectivity index (χ1n) is 9.14. The first-order valence-corrected chi connectivity index (χ1v) is 9.14. The van der Waals surface area contributed by atoms with Crippen molar-refractivity contribution in [2.24, 2.45) is 0 Å². The van der Waals surface area contributed by atoms with Crippen LogP contribution < -0.4 is 10.1 Å². The van der Waals surface area contributed by atoms with E-state index in [9.17, 15) is 9.59 Å². The van der Waals surface area contributed by atoms with Gasteiger partial charge in [-0.2, -0.15) is 0 Å². The molecular formula is C22H25NO4. The van der Waals surface area contributed by atoms with Crippen molar-refractivity contribution in [1.29, 1.82) is 0 Å². The third-order valence-electron chi connectivity index (χ3n) is 5.17. The molecule has 0 aromatic heterocycles. The lowest BCUT2D eigenvalue weighted by Gasteiger charge is -2.19. The first kappa shape index (κ1) is 19.0. The highest BCUT2D eigenvalue weighted by Crippen LogP contribution is 2.40. The number of carbonyl (C=O) groups is 2. The number of para-hydroxylation sites is 1. The molecule has 0 saturated carbocycles. The average Bonchev–Trinajstić information content (AvgIpc) is 2.96. The molecule has 0 aliphatic carbocycles. The lowest BCUT2D eigenvalue weighted by molar-refractivity contribution is -0.141. The van der Waals surface area contributed by atoms with Gasteiger partial charge in [0, 0.05) is 11.5 Å². The van der Waals surface area contributed by atoms with Gasteiger partial charge in [-0.3, -0.25) is 9.59 Å². The SMILES string of the molecule is COC(=O)C[C@H](NC(=O)c1cccc2c1O[C@H](C)[C@@H]2C)c1ccc(C)cc1. The molecule has 1 N–H and O–H groups in total. The van der Waals surface area contributed by atoms with Crippen LogP contribution in [0, 0.1) is 6.92 Å². The van der Waals surface area contributed by atoms with Crippen molar-refractivity contribution in [2.45, 2.75) is 45.3 Å². The fourth-order valence-electron chi connectivity index (χ4n) is 3.30. The average molecular weight is 367 g/mol. The molecule has 1 aliphatic rings. The third kappa shape index (κ3) is 3.97. The Balaban J connectivity index is 1.87. The van der Waals surface area contributed by atoms with Gasteiger partial charge in [-0.25, -0.2) is 0 Å². The summed E-state index contributed by atoms with van der Waals surface area (Å²) in [6.45, 7) is 6.08. The van der Waals surface area contributed by atoms with E-state index in [0.717, 1.165) is 16.7 Å². The molecule has 1 heterocycles. The monoisotopic (exact) mass is 367 g/mol. The summed E-state index contributed by atoms with van der Waals surface area (Å²) in [5.74, 6) is 0.228. The van der Waals surface area contributed by atoms with E-state index in [1.807, 2.05) is 50.2 Å². The van der Waals surface area contributed by atoms with Crippen molar-refractivity contribution < 1.29 is 19.1 Å². The van der Waals surface area contributed by atoms with Crippen LogP contribution in [0.5, 0.6) is 5.75 Å². The van der Waals surface area contributed by atoms with Gasteiger partial charge >= 0.3 is 5.97 Å². The summed E-state index contributed by atoms with van der Waals surface area (Å²) in [6, 6.07) is 12.9. The van der Waals surface area contributed by atoms with Gasteiger partial charge in [0.1, 0.15) is 11.9 Å². The van der Waals surface area contributed by atoms with Gasteiger partial charge in [-0.1, -0.05) is 48.9 Å². The van der Waals surface area contributed by atoms with Crippen LogP contribution in [-0.2, 0) is 9.53 Å². The highest BCUT2D eigenvalue weighted by molar-refractivity contribution is 5.98. The quantitative estimate of drug-likeness (QED) is 0.814. The van der Waals surface area contributed by atoms with E-state index in [2.05, 4.69) is 12.2 Å². The Kier molecular flexibility index (Phi) is 5.49. The maximum Gasteiger partial charge on any atom is 0.307 e. The number of methoxy groups -OCH3 is 1. The minimum Gasteiger partial charge on any atom is -0.489 e. The van der Waals surface area contributed by atoms with Crippen molar-refractivity contribution in [3.05, 3.63) is 64.7 Å². The standard InChI is InChI=1S/C22H25NO4/c1-13-8-10-16(11-9-13)19(12-20(24)26-4)23-22(25)18-7-5-6-17-14(2)15(3)27-21(17)18/h5-11,14-15,19H,12H2,1-4H3,(H,23,25)/t14-,15+,19-/m0/s1. The molecule has 5 heteroatoms. The summed E-state index contributed by atoms with van der Waals surface area (Å²) in [4.78, 5) is 24.9. The zero-order chi connectivity index (χ0) is 19.6. The number of nitrogens with one attached hydrogen (secondary N) is 1. The topological polar surface area (TPSA) is 64.6 Å². The molecule has 0 unspecified atom stereocenters. The molecule has 1 amide bonds. The molecule has 2 aromatic rings. The van der Waals surface area contributed by atoms with Crippen molar-refractivity contribution in [1.82, 2.24) is 5.32 Å². The van der Waals surface area contributed by atoms with Gasteiger partial charge in [0.25, 0.3) is 5.91 Å². The number of ether oxygens (including phenoxy) is 2. The molecular weight excluding hydrogens is 342 g/mol. The number of amides is 1. The summed E-state index contributed by atoms with van der Waals surface area (Å²) in [7, 11) is 1.34. The van der Waals surface area contributed by atoms with Crippen LogP contribution in [-0.4, -0.2) is 25.1 Å². The Bertz CT molecular complexity index is 844. The molecule has 5 nitrogen and oxygen atoms in total. The molecule has 0 fully saturated rings. The minimum atomic E-state index is -0.474. The number of esters is 1. The van der Waals surface area contributed by atoms with E-state index in [1.165, 1.54) is 7.11 Å². The number of hydrogen-bond donors (Lipinski definition) is 1. The molecule has 1 aliphatic heterocycles. The van der Waals surface area contributed by atoms with Gasteiger partial charge in [0.15, 0.2) is 0 Å². The summed E-state index contributed by atoms with van der Waals surface area (Å²) >= 11 is 0.